The van der Waals surface area contributed by atoms with Gasteiger partial charge in [-0.3, -0.25) is 9.59 Å². The average molecular weight is 356 g/mol. The number of carbonyl (C=O) groups is 2. The molecule has 1 aromatic carbocycles. The van der Waals surface area contributed by atoms with Crippen LogP contribution in [0.5, 0.6) is 5.75 Å². The fraction of sp³-hybridized carbons (Fsp3) is 0.529. The van der Waals surface area contributed by atoms with Crippen molar-refractivity contribution in [1.82, 2.24) is 10.6 Å². The normalized spacial score (nSPS) is 15.9. The highest BCUT2D eigenvalue weighted by Crippen LogP contribution is 2.45. The lowest BCUT2D eigenvalue weighted by Gasteiger charge is -2.19. The molecule has 1 aliphatic rings. The Hall–Kier alpha value is -1.79. The second-order valence-electron chi connectivity index (χ2n) is 6.35. The van der Waals surface area contributed by atoms with Gasteiger partial charge in [-0.1, -0.05) is 26.0 Å². The Morgan fingerprint density at radius 1 is 1.25 bits per heavy atom. The van der Waals surface area contributed by atoms with Crippen LogP contribution in [0, 0.1) is 5.92 Å². The first-order valence-corrected chi connectivity index (χ1v) is 7.87. The highest BCUT2D eigenvalue weighted by Gasteiger charge is 2.45. The van der Waals surface area contributed by atoms with Gasteiger partial charge in [-0.2, -0.15) is 0 Å². The number of benzene rings is 1. The molecule has 2 amide bonds. The van der Waals surface area contributed by atoms with Gasteiger partial charge in [-0.15, -0.1) is 12.4 Å². The second kappa shape index (κ2) is 8.35. The van der Waals surface area contributed by atoms with Crippen LogP contribution < -0.4 is 21.1 Å². The summed E-state index contributed by atoms with van der Waals surface area (Å²) >= 11 is 0. The summed E-state index contributed by atoms with van der Waals surface area (Å²) in [6.45, 7) is 3.68. The van der Waals surface area contributed by atoms with Crippen LogP contribution in [-0.4, -0.2) is 31.5 Å². The molecule has 1 saturated carbocycles. The zero-order chi connectivity index (χ0) is 17.0. The fourth-order valence-corrected chi connectivity index (χ4v) is 2.42. The molecule has 1 aliphatic carbocycles. The third-order valence-electron chi connectivity index (χ3n) is 4.22. The molecule has 0 unspecified atom stereocenters. The van der Waals surface area contributed by atoms with Crippen molar-refractivity contribution >= 4 is 24.2 Å². The van der Waals surface area contributed by atoms with Crippen molar-refractivity contribution < 1.29 is 14.3 Å². The predicted octanol–water partition coefficient (Wildman–Crippen LogP) is 1.32. The quantitative estimate of drug-likeness (QED) is 0.687. The lowest BCUT2D eigenvalue weighted by atomic mass is 10.0. The first-order chi connectivity index (χ1) is 10.9. The SMILES string of the molecule is COc1ccc(C2(NC(=O)CNC(=O)[C@@H](N)C(C)C)CC2)cc1.Cl. The van der Waals surface area contributed by atoms with Crippen molar-refractivity contribution in [3.05, 3.63) is 29.8 Å². The van der Waals surface area contributed by atoms with Gasteiger partial charge < -0.3 is 21.1 Å². The van der Waals surface area contributed by atoms with Crippen LogP contribution in [0.15, 0.2) is 24.3 Å². The predicted molar refractivity (Wildman–Crippen MR) is 95.1 cm³/mol. The maximum Gasteiger partial charge on any atom is 0.240 e. The first kappa shape index (κ1) is 20.3. The summed E-state index contributed by atoms with van der Waals surface area (Å²) in [6.07, 6.45) is 1.79. The average Bonchev–Trinajstić information content (AvgIpc) is 3.32. The van der Waals surface area contributed by atoms with Crippen molar-refractivity contribution in [2.75, 3.05) is 13.7 Å². The van der Waals surface area contributed by atoms with Gasteiger partial charge in [0.15, 0.2) is 0 Å². The van der Waals surface area contributed by atoms with Gasteiger partial charge in [0, 0.05) is 0 Å². The molecular weight excluding hydrogens is 330 g/mol. The van der Waals surface area contributed by atoms with Crippen LogP contribution in [0.1, 0.15) is 32.3 Å². The number of nitrogens with two attached hydrogens (primary N) is 1. The molecule has 1 atom stereocenters. The second-order valence-corrected chi connectivity index (χ2v) is 6.35. The van der Waals surface area contributed by atoms with Crippen LogP contribution in [0.2, 0.25) is 0 Å². The Labute approximate surface area is 148 Å². The van der Waals surface area contributed by atoms with Gasteiger partial charge in [0.2, 0.25) is 11.8 Å². The van der Waals surface area contributed by atoms with Crippen LogP contribution >= 0.6 is 12.4 Å². The molecule has 4 N–H and O–H groups in total. The van der Waals surface area contributed by atoms with E-state index in [9.17, 15) is 9.59 Å². The van der Waals surface area contributed by atoms with Crippen LogP contribution in [-0.2, 0) is 15.1 Å². The Balaban J connectivity index is 0.00000288. The number of halogens is 1. The Morgan fingerprint density at radius 2 is 1.83 bits per heavy atom. The smallest absolute Gasteiger partial charge is 0.240 e. The highest BCUT2D eigenvalue weighted by molar-refractivity contribution is 5.88. The lowest BCUT2D eigenvalue weighted by molar-refractivity contribution is -0.127. The maximum atomic E-state index is 12.1. The van der Waals surface area contributed by atoms with Crippen molar-refractivity contribution in [2.24, 2.45) is 11.7 Å². The molecule has 6 nitrogen and oxygen atoms in total. The van der Waals surface area contributed by atoms with Gasteiger partial charge in [0.25, 0.3) is 0 Å². The van der Waals surface area contributed by atoms with Gasteiger partial charge in [-0.05, 0) is 36.5 Å². The summed E-state index contributed by atoms with van der Waals surface area (Å²) in [4.78, 5) is 23.9. The summed E-state index contributed by atoms with van der Waals surface area (Å²) in [5, 5.41) is 5.60. The van der Waals surface area contributed by atoms with Crippen LogP contribution in [0.3, 0.4) is 0 Å². The standard InChI is InChI=1S/C17H25N3O3.ClH/c1-11(2)15(18)16(22)19-10-14(21)20-17(8-9-17)12-4-6-13(23-3)7-5-12;/h4-7,11,15H,8-10,18H2,1-3H3,(H,19,22)(H,20,21);1H/t15-;/m0./s1. The summed E-state index contributed by atoms with van der Waals surface area (Å²) in [5.41, 5.74) is 6.49. The number of rotatable bonds is 7. The minimum atomic E-state index is -0.598. The zero-order valence-electron chi connectivity index (χ0n) is 14.3. The molecule has 2 rings (SSSR count). The van der Waals surface area contributed by atoms with E-state index in [-0.39, 0.29) is 42.2 Å². The highest BCUT2D eigenvalue weighted by atomic mass is 35.5. The van der Waals surface area contributed by atoms with E-state index in [4.69, 9.17) is 10.5 Å². The van der Waals surface area contributed by atoms with E-state index in [0.29, 0.717) is 0 Å². The minimum Gasteiger partial charge on any atom is -0.497 e. The minimum absolute atomic E-state index is 0. The van der Waals surface area contributed by atoms with E-state index in [1.54, 1.807) is 7.11 Å². The van der Waals surface area contributed by atoms with Crippen molar-refractivity contribution in [3.8, 4) is 5.75 Å². The number of hydrogen-bond donors (Lipinski definition) is 3. The van der Waals surface area contributed by atoms with Gasteiger partial charge >= 0.3 is 0 Å². The monoisotopic (exact) mass is 355 g/mol. The third-order valence-corrected chi connectivity index (χ3v) is 4.22. The molecule has 0 aromatic heterocycles. The Morgan fingerprint density at radius 3 is 2.29 bits per heavy atom. The molecule has 7 heteroatoms. The van der Waals surface area contributed by atoms with Crippen molar-refractivity contribution in [3.63, 3.8) is 0 Å². The van der Waals surface area contributed by atoms with E-state index in [1.165, 1.54) is 0 Å². The number of ether oxygens (including phenoxy) is 1. The molecule has 0 radical (unpaired) electrons. The number of amides is 2. The van der Waals surface area contributed by atoms with E-state index in [2.05, 4.69) is 10.6 Å². The third kappa shape index (κ3) is 4.85. The molecule has 0 saturated heterocycles. The summed E-state index contributed by atoms with van der Waals surface area (Å²) < 4.78 is 5.14. The molecule has 1 fully saturated rings. The number of nitrogens with one attached hydrogen (secondary N) is 2. The zero-order valence-corrected chi connectivity index (χ0v) is 15.1. The number of carbonyl (C=O) groups excluding carboxylic acids is 2. The molecule has 0 spiro atoms. The summed E-state index contributed by atoms with van der Waals surface area (Å²) in [5.74, 6) is 0.310. The summed E-state index contributed by atoms with van der Waals surface area (Å²) in [7, 11) is 1.62. The molecule has 0 heterocycles. The topological polar surface area (TPSA) is 93.5 Å². The van der Waals surface area contributed by atoms with Crippen LogP contribution in [0.25, 0.3) is 0 Å². The molecule has 0 bridgehead atoms. The van der Waals surface area contributed by atoms with Crippen molar-refractivity contribution in [1.29, 1.82) is 0 Å². The van der Waals surface area contributed by atoms with Gasteiger partial charge in [-0.25, -0.2) is 0 Å². The first-order valence-electron chi connectivity index (χ1n) is 7.87. The molecule has 24 heavy (non-hydrogen) atoms. The summed E-state index contributed by atoms with van der Waals surface area (Å²) in [6, 6.07) is 7.08. The van der Waals surface area contributed by atoms with E-state index in [0.717, 1.165) is 24.2 Å². The van der Waals surface area contributed by atoms with E-state index >= 15 is 0 Å². The van der Waals surface area contributed by atoms with E-state index in [1.807, 2.05) is 38.1 Å². The van der Waals surface area contributed by atoms with Gasteiger partial charge in [0.1, 0.15) is 5.75 Å². The number of hydrogen-bond acceptors (Lipinski definition) is 4. The Kier molecular flexibility index (Phi) is 7.05. The maximum absolute atomic E-state index is 12.1. The molecular formula is C17H26ClN3O3. The molecule has 134 valence electrons. The lowest BCUT2D eigenvalue weighted by Crippen LogP contribution is -2.48. The van der Waals surface area contributed by atoms with Crippen LogP contribution in [0.4, 0.5) is 0 Å². The largest absolute Gasteiger partial charge is 0.497 e. The molecule has 1 aromatic rings. The molecule has 0 aliphatic heterocycles. The van der Waals surface area contributed by atoms with Crippen molar-refractivity contribution in [2.45, 2.75) is 38.3 Å². The number of methoxy groups -OCH3 is 1. The van der Waals surface area contributed by atoms with E-state index < -0.39 is 6.04 Å². The fourth-order valence-electron chi connectivity index (χ4n) is 2.42. The van der Waals surface area contributed by atoms with Gasteiger partial charge in [0.05, 0.1) is 25.2 Å². The Bertz CT molecular complexity index is 571.